The van der Waals surface area contributed by atoms with E-state index >= 15 is 0 Å². The number of nitrogens with one attached hydrogen (secondary N) is 2. The van der Waals surface area contributed by atoms with Crippen LogP contribution in [0.2, 0.25) is 0 Å². The number of rotatable bonds is 6. The molecule has 130 valence electrons. The molecule has 0 aliphatic heterocycles. The predicted octanol–water partition coefficient (Wildman–Crippen LogP) is 4.24. The highest BCUT2D eigenvalue weighted by Gasteiger charge is 2.15. The molecule has 0 bridgehead atoms. The van der Waals surface area contributed by atoms with Crippen molar-refractivity contribution < 1.29 is 8.42 Å². The van der Waals surface area contributed by atoms with Crippen LogP contribution in [0.25, 0.3) is 11.3 Å². The molecule has 0 radical (unpaired) electrons. The fourth-order valence-corrected chi connectivity index (χ4v) is 4.28. The first-order valence-corrected chi connectivity index (χ1v) is 10.2. The summed E-state index contributed by atoms with van der Waals surface area (Å²) in [6.07, 6.45) is 0. The average molecular weight is 374 g/mol. The molecule has 0 unspecified atom stereocenters. The van der Waals surface area contributed by atoms with E-state index in [-0.39, 0.29) is 10.9 Å². The Kier molecular flexibility index (Phi) is 5.17. The minimum Gasteiger partial charge on any atom is -0.332 e. The third-order valence-corrected chi connectivity index (χ3v) is 5.81. The van der Waals surface area contributed by atoms with E-state index in [0.717, 1.165) is 22.1 Å². The van der Waals surface area contributed by atoms with Crippen LogP contribution in [0.5, 0.6) is 0 Å². The molecule has 0 saturated carbocycles. The number of anilines is 2. The Morgan fingerprint density at radius 2 is 1.68 bits per heavy atom. The van der Waals surface area contributed by atoms with Crippen molar-refractivity contribution >= 4 is 32.2 Å². The second kappa shape index (κ2) is 7.35. The normalized spacial score (nSPS) is 11.6. The molecule has 0 aliphatic rings. The predicted molar refractivity (Wildman–Crippen MR) is 103 cm³/mol. The molecule has 0 aliphatic carbocycles. The van der Waals surface area contributed by atoms with Crippen LogP contribution < -0.4 is 10.0 Å². The van der Waals surface area contributed by atoms with E-state index in [1.807, 2.05) is 35.7 Å². The van der Waals surface area contributed by atoms with Gasteiger partial charge < -0.3 is 5.32 Å². The maximum Gasteiger partial charge on any atom is 0.240 e. The zero-order valence-electron chi connectivity index (χ0n) is 13.9. The Balaban J connectivity index is 1.73. The lowest BCUT2D eigenvalue weighted by Gasteiger charge is -2.10. The SMILES string of the molecule is CC(C)NS(=O)(=O)c1ccc(Nc2nc(-c3ccccc3)cs2)cc1. The zero-order chi connectivity index (χ0) is 17.9. The monoisotopic (exact) mass is 373 g/mol. The van der Waals surface area contributed by atoms with Crippen molar-refractivity contribution in [3.05, 3.63) is 60.0 Å². The van der Waals surface area contributed by atoms with E-state index in [1.54, 1.807) is 38.1 Å². The summed E-state index contributed by atoms with van der Waals surface area (Å²) in [4.78, 5) is 4.81. The standard InChI is InChI=1S/C18H19N3O2S2/c1-13(2)21-25(22,23)16-10-8-15(9-11-16)19-18-20-17(12-24-18)14-6-4-3-5-7-14/h3-13,21H,1-2H3,(H,19,20). The fourth-order valence-electron chi connectivity index (χ4n) is 2.29. The van der Waals surface area contributed by atoms with Gasteiger partial charge >= 0.3 is 0 Å². The highest BCUT2D eigenvalue weighted by atomic mass is 32.2. The van der Waals surface area contributed by atoms with Gasteiger partial charge in [-0.25, -0.2) is 18.1 Å². The number of sulfonamides is 1. The Labute approximate surface area is 151 Å². The number of thiazole rings is 1. The van der Waals surface area contributed by atoms with Gasteiger partial charge in [0.15, 0.2) is 5.13 Å². The highest BCUT2D eigenvalue weighted by Crippen LogP contribution is 2.27. The summed E-state index contributed by atoms with van der Waals surface area (Å²) >= 11 is 1.50. The van der Waals surface area contributed by atoms with E-state index in [4.69, 9.17) is 0 Å². The molecule has 0 fully saturated rings. The summed E-state index contributed by atoms with van der Waals surface area (Å²) < 4.78 is 26.8. The number of benzene rings is 2. The Hall–Kier alpha value is -2.22. The second-order valence-corrected chi connectivity index (χ2v) is 8.40. The lowest BCUT2D eigenvalue weighted by atomic mass is 10.2. The van der Waals surface area contributed by atoms with Gasteiger partial charge in [0.25, 0.3) is 0 Å². The minimum atomic E-state index is -3.47. The van der Waals surface area contributed by atoms with Crippen molar-refractivity contribution in [2.45, 2.75) is 24.8 Å². The van der Waals surface area contributed by atoms with E-state index in [1.165, 1.54) is 11.3 Å². The van der Waals surface area contributed by atoms with Crippen LogP contribution in [-0.4, -0.2) is 19.4 Å². The van der Waals surface area contributed by atoms with Gasteiger partial charge in [0.1, 0.15) is 0 Å². The molecule has 5 nitrogen and oxygen atoms in total. The first-order valence-electron chi connectivity index (χ1n) is 7.84. The molecule has 1 heterocycles. The second-order valence-electron chi connectivity index (χ2n) is 5.83. The van der Waals surface area contributed by atoms with Crippen LogP contribution in [0, 0.1) is 0 Å². The lowest BCUT2D eigenvalue weighted by Crippen LogP contribution is -2.30. The Bertz CT molecular complexity index is 934. The maximum absolute atomic E-state index is 12.1. The van der Waals surface area contributed by atoms with Gasteiger partial charge in [-0.2, -0.15) is 0 Å². The average Bonchev–Trinajstić information content (AvgIpc) is 3.03. The molecular formula is C18H19N3O2S2. The maximum atomic E-state index is 12.1. The van der Waals surface area contributed by atoms with Gasteiger partial charge in [-0.15, -0.1) is 11.3 Å². The molecule has 0 amide bonds. The third kappa shape index (κ3) is 4.45. The number of nitrogens with zero attached hydrogens (tertiary/aromatic N) is 1. The summed E-state index contributed by atoms with van der Waals surface area (Å²) in [5.41, 5.74) is 2.76. The molecule has 3 rings (SSSR count). The molecule has 7 heteroatoms. The minimum absolute atomic E-state index is 0.144. The Morgan fingerprint density at radius 3 is 2.32 bits per heavy atom. The topological polar surface area (TPSA) is 71.1 Å². The van der Waals surface area contributed by atoms with Crippen LogP contribution in [0.3, 0.4) is 0 Å². The first kappa shape index (κ1) is 17.6. The van der Waals surface area contributed by atoms with Gasteiger partial charge in [-0.05, 0) is 38.1 Å². The summed E-state index contributed by atoms with van der Waals surface area (Å²) in [6, 6.07) is 16.4. The smallest absolute Gasteiger partial charge is 0.240 e. The molecule has 0 atom stereocenters. The quantitative estimate of drug-likeness (QED) is 0.678. The summed E-state index contributed by atoms with van der Waals surface area (Å²) in [5, 5.41) is 5.95. The lowest BCUT2D eigenvalue weighted by molar-refractivity contribution is 0.570. The molecule has 2 aromatic carbocycles. The zero-order valence-corrected chi connectivity index (χ0v) is 15.6. The van der Waals surface area contributed by atoms with Crippen LogP contribution in [0.1, 0.15) is 13.8 Å². The third-order valence-electron chi connectivity index (χ3n) is 3.38. The molecule has 2 N–H and O–H groups in total. The van der Waals surface area contributed by atoms with Crippen LogP contribution >= 0.6 is 11.3 Å². The van der Waals surface area contributed by atoms with Gasteiger partial charge in [-0.3, -0.25) is 0 Å². The summed E-state index contributed by atoms with van der Waals surface area (Å²) in [6.45, 7) is 3.58. The largest absolute Gasteiger partial charge is 0.332 e. The van der Waals surface area contributed by atoms with E-state index in [0.29, 0.717) is 0 Å². The van der Waals surface area contributed by atoms with Gasteiger partial charge in [0, 0.05) is 22.7 Å². The molecular weight excluding hydrogens is 354 g/mol. The number of hydrogen-bond acceptors (Lipinski definition) is 5. The first-order chi connectivity index (χ1) is 11.9. The van der Waals surface area contributed by atoms with Crippen molar-refractivity contribution in [1.82, 2.24) is 9.71 Å². The fraction of sp³-hybridized carbons (Fsp3) is 0.167. The summed E-state index contributed by atoms with van der Waals surface area (Å²) in [7, 11) is -3.47. The Morgan fingerprint density at radius 1 is 1.00 bits per heavy atom. The summed E-state index contributed by atoms with van der Waals surface area (Å²) in [5.74, 6) is 0. The number of aromatic nitrogens is 1. The van der Waals surface area contributed by atoms with Gasteiger partial charge in [-0.1, -0.05) is 30.3 Å². The van der Waals surface area contributed by atoms with Crippen LogP contribution in [-0.2, 0) is 10.0 Å². The van der Waals surface area contributed by atoms with Crippen molar-refractivity contribution in [2.75, 3.05) is 5.32 Å². The highest BCUT2D eigenvalue weighted by molar-refractivity contribution is 7.89. The molecule has 3 aromatic rings. The molecule has 25 heavy (non-hydrogen) atoms. The molecule has 0 saturated heterocycles. The van der Waals surface area contributed by atoms with Crippen molar-refractivity contribution in [2.24, 2.45) is 0 Å². The number of hydrogen-bond donors (Lipinski definition) is 2. The van der Waals surface area contributed by atoms with Crippen molar-refractivity contribution in [1.29, 1.82) is 0 Å². The van der Waals surface area contributed by atoms with E-state index < -0.39 is 10.0 Å². The van der Waals surface area contributed by atoms with E-state index in [2.05, 4.69) is 15.0 Å². The van der Waals surface area contributed by atoms with Gasteiger partial charge in [0.2, 0.25) is 10.0 Å². The molecule has 0 spiro atoms. The van der Waals surface area contributed by atoms with Crippen LogP contribution in [0.15, 0.2) is 64.9 Å². The molecule has 1 aromatic heterocycles. The van der Waals surface area contributed by atoms with Gasteiger partial charge in [0.05, 0.1) is 10.6 Å². The van der Waals surface area contributed by atoms with Crippen molar-refractivity contribution in [3.8, 4) is 11.3 Å². The van der Waals surface area contributed by atoms with Crippen molar-refractivity contribution in [3.63, 3.8) is 0 Å². The van der Waals surface area contributed by atoms with E-state index in [9.17, 15) is 8.42 Å². The van der Waals surface area contributed by atoms with Crippen LogP contribution in [0.4, 0.5) is 10.8 Å².